The summed E-state index contributed by atoms with van der Waals surface area (Å²) < 4.78 is 0. The highest BCUT2D eigenvalue weighted by Gasteiger charge is 2.23. The summed E-state index contributed by atoms with van der Waals surface area (Å²) in [6.45, 7) is 6.67. The lowest BCUT2D eigenvalue weighted by Gasteiger charge is -2.38. The quantitative estimate of drug-likeness (QED) is 0.837. The van der Waals surface area contributed by atoms with Crippen LogP contribution in [0.2, 0.25) is 0 Å². The van der Waals surface area contributed by atoms with E-state index in [0.29, 0.717) is 12.1 Å². The molecule has 1 aliphatic rings. The van der Waals surface area contributed by atoms with Crippen LogP contribution in [-0.2, 0) is 0 Å². The van der Waals surface area contributed by atoms with Crippen LogP contribution in [0.15, 0.2) is 18.6 Å². The molecule has 1 fully saturated rings. The minimum atomic E-state index is 0.484. The first-order chi connectivity index (χ1) is 7.79. The standard InChI is InChI=1S/C12H20N4/c1-10(2)16(11-3-6-13-7-4-11)12-5-8-14-9-15-12/h5,8-11,13H,3-4,6-7H2,1-2H3. The van der Waals surface area contributed by atoms with Gasteiger partial charge in [0.25, 0.3) is 0 Å². The average Bonchev–Trinajstić information content (AvgIpc) is 2.31. The number of piperidine rings is 1. The smallest absolute Gasteiger partial charge is 0.132 e. The Balaban J connectivity index is 2.16. The molecule has 2 heterocycles. The van der Waals surface area contributed by atoms with Gasteiger partial charge >= 0.3 is 0 Å². The third kappa shape index (κ3) is 2.50. The Morgan fingerprint density at radius 3 is 2.69 bits per heavy atom. The zero-order valence-corrected chi connectivity index (χ0v) is 10.1. The summed E-state index contributed by atoms with van der Waals surface area (Å²) in [6, 6.07) is 3.09. The van der Waals surface area contributed by atoms with Gasteiger partial charge in [0.2, 0.25) is 0 Å². The molecule has 0 aliphatic carbocycles. The molecule has 1 saturated heterocycles. The third-order valence-electron chi connectivity index (χ3n) is 3.09. The van der Waals surface area contributed by atoms with Gasteiger partial charge in [0, 0.05) is 18.3 Å². The van der Waals surface area contributed by atoms with Gasteiger partial charge in [-0.3, -0.25) is 0 Å². The van der Waals surface area contributed by atoms with E-state index in [0.717, 1.165) is 18.9 Å². The highest BCUT2D eigenvalue weighted by molar-refractivity contribution is 5.39. The minimum absolute atomic E-state index is 0.484. The summed E-state index contributed by atoms with van der Waals surface area (Å²) in [5, 5.41) is 3.40. The van der Waals surface area contributed by atoms with Crippen LogP contribution in [0.5, 0.6) is 0 Å². The van der Waals surface area contributed by atoms with Crippen molar-refractivity contribution in [3.8, 4) is 0 Å². The molecule has 0 radical (unpaired) electrons. The fourth-order valence-electron chi connectivity index (χ4n) is 2.39. The molecule has 16 heavy (non-hydrogen) atoms. The Hall–Kier alpha value is -1.16. The van der Waals surface area contributed by atoms with Crippen molar-refractivity contribution in [1.29, 1.82) is 0 Å². The van der Waals surface area contributed by atoms with Crippen LogP contribution >= 0.6 is 0 Å². The lowest BCUT2D eigenvalue weighted by atomic mass is 10.0. The monoisotopic (exact) mass is 220 g/mol. The Morgan fingerprint density at radius 2 is 2.12 bits per heavy atom. The highest BCUT2D eigenvalue weighted by Crippen LogP contribution is 2.21. The van der Waals surface area contributed by atoms with Gasteiger partial charge in [-0.2, -0.15) is 0 Å². The van der Waals surface area contributed by atoms with Crippen LogP contribution in [-0.4, -0.2) is 35.1 Å². The van der Waals surface area contributed by atoms with Crippen molar-refractivity contribution in [2.45, 2.75) is 38.8 Å². The van der Waals surface area contributed by atoms with Crippen LogP contribution < -0.4 is 10.2 Å². The zero-order valence-electron chi connectivity index (χ0n) is 10.1. The van der Waals surface area contributed by atoms with Crippen molar-refractivity contribution in [1.82, 2.24) is 15.3 Å². The van der Waals surface area contributed by atoms with Gasteiger partial charge in [0.05, 0.1) is 0 Å². The maximum Gasteiger partial charge on any atom is 0.132 e. The summed E-state index contributed by atoms with van der Waals surface area (Å²) in [5.74, 6) is 1.05. The van der Waals surface area contributed by atoms with E-state index < -0.39 is 0 Å². The van der Waals surface area contributed by atoms with E-state index in [1.807, 2.05) is 12.3 Å². The van der Waals surface area contributed by atoms with Gasteiger partial charge in [-0.15, -0.1) is 0 Å². The van der Waals surface area contributed by atoms with E-state index in [4.69, 9.17) is 0 Å². The van der Waals surface area contributed by atoms with Gasteiger partial charge < -0.3 is 10.2 Å². The van der Waals surface area contributed by atoms with Gasteiger partial charge in [0.15, 0.2) is 0 Å². The second-order valence-corrected chi connectivity index (χ2v) is 4.55. The Bertz CT molecular complexity index is 306. The molecule has 0 atom stereocenters. The summed E-state index contributed by atoms with van der Waals surface area (Å²) in [7, 11) is 0. The number of rotatable bonds is 3. The van der Waals surface area contributed by atoms with Crippen LogP contribution in [0.4, 0.5) is 5.82 Å². The van der Waals surface area contributed by atoms with Crippen LogP contribution in [0.3, 0.4) is 0 Å². The normalized spacial score (nSPS) is 17.7. The zero-order chi connectivity index (χ0) is 11.4. The molecule has 88 valence electrons. The number of hydrogen-bond donors (Lipinski definition) is 1. The van der Waals surface area contributed by atoms with Gasteiger partial charge in [0.1, 0.15) is 12.1 Å². The predicted octanol–water partition coefficient (Wildman–Crippen LogP) is 1.44. The lowest BCUT2D eigenvalue weighted by molar-refractivity contribution is 0.410. The summed E-state index contributed by atoms with van der Waals surface area (Å²) in [6.07, 6.45) is 5.84. The van der Waals surface area contributed by atoms with Crippen molar-refractivity contribution >= 4 is 5.82 Å². The maximum atomic E-state index is 4.37. The summed E-state index contributed by atoms with van der Waals surface area (Å²) in [4.78, 5) is 10.8. The first-order valence-electron chi connectivity index (χ1n) is 6.04. The van der Waals surface area contributed by atoms with Crippen molar-refractivity contribution in [2.75, 3.05) is 18.0 Å². The fraction of sp³-hybridized carbons (Fsp3) is 0.667. The molecule has 1 aromatic rings. The largest absolute Gasteiger partial charge is 0.351 e. The van der Waals surface area contributed by atoms with Crippen molar-refractivity contribution < 1.29 is 0 Å². The second kappa shape index (κ2) is 5.25. The molecule has 2 rings (SSSR count). The molecule has 0 saturated carbocycles. The van der Waals surface area contributed by atoms with E-state index in [9.17, 15) is 0 Å². The molecule has 0 spiro atoms. The SMILES string of the molecule is CC(C)N(c1ccncn1)C1CCNCC1. The lowest BCUT2D eigenvalue weighted by Crippen LogP contribution is -2.46. The molecule has 4 heteroatoms. The Kier molecular flexibility index (Phi) is 3.72. The molecule has 1 aromatic heterocycles. The van der Waals surface area contributed by atoms with E-state index in [1.165, 1.54) is 12.8 Å². The Labute approximate surface area is 97.1 Å². The first kappa shape index (κ1) is 11.3. The van der Waals surface area contributed by atoms with Crippen LogP contribution in [0.1, 0.15) is 26.7 Å². The van der Waals surface area contributed by atoms with E-state index in [2.05, 4.69) is 34.0 Å². The van der Waals surface area contributed by atoms with Gasteiger partial charge in [-0.05, 0) is 45.8 Å². The molecular weight excluding hydrogens is 200 g/mol. The maximum absolute atomic E-state index is 4.37. The molecule has 1 N–H and O–H groups in total. The van der Waals surface area contributed by atoms with Crippen molar-refractivity contribution in [3.63, 3.8) is 0 Å². The third-order valence-corrected chi connectivity index (χ3v) is 3.09. The Morgan fingerprint density at radius 1 is 1.38 bits per heavy atom. The van der Waals surface area contributed by atoms with E-state index in [-0.39, 0.29) is 0 Å². The average molecular weight is 220 g/mol. The molecule has 0 bridgehead atoms. The topological polar surface area (TPSA) is 41.1 Å². The van der Waals surface area contributed by atoms with Crippen molar-refractivity contribution in [2.24, 2.45) is 0 Å². The van der Waals surface area contributed by atoms with Crippen molar-refractivity contribution in [3.05, 3.63) is 18.6 Å². The summed E-state index contributed by atoms with van der Waals surface area (Å²) in [5.41, 5.74) is 0. The predicted molar refractivity (Wildman–Crippen MR) is 65.5 cm³/mol. The number of aromatic nitrogens is 2. The van der Waals surface area contributed by atoms with Gasteiger partial charge in [-0.25, -0.2) is 9.97 Å². The van der Waals surface area contributed by atoms with Gasteiger partial charge in [-0.1, -0.05) is 0 Å². The molecular formula is C12H20N4. The molecule has 4 nitrogen and oxygen atoms in total. The molecule has 0 amide bonds. The molecule has 1 aliphatic heterocycles. The molecule has 0 unspecified atom stereocenters. The van der Waals surface area contributed by atoms with E-state index in [1.54, 1.807) is 6.33 Å². The minimum Gasteiger partial charge on any atom is -0.351 e. The number of hydrogen-bond acceptors (Lipinski definition) is 4. The first-order valence-corrected chi connectivity index (χ1v) is 6.04. The number of anilines is 1. The fourth-order valence-corrected chi connectivity index (χ4v) is 2.39. The van der Waals surface area contributed by atoms with Crippen LogP contribution in [0, 0.1) is 0 Å². The number of nitrogens with zero attached hydrogens (tertiary/aromatic N) is 3. The molecule has 0 aromatic carbocycles. The van der Waals surface area contributed by atoms with E-state index >= 15 is 0 Å². The highest BCUT2D eigenvalue weighted by atomic mass is 15.2. The number of nitrogens with one attached hydrogen (secondary N) is 1. The van der Waals surface area contributed by atoms with Crippen LogP contribution in [0.25, 0.3) is 0 Å². The second-order valence-electron chi connectivity index (χ2n) is 4.55. The summed E-state index contributed by atoms with van der Waals surface area (Å²) >= 11 is 0.